The maximum absolute atomic E-state index is 6.35. The van der Waals surface area contributed by atoms with Gasteiger partial charge in [0.2, 0.25) is 0 Å². The van der Waals surface area contributed by atoms with Crippen molar-refractivity contribution in [3.05, 3.63) is 40.1 Å². The van der Waals surface area contributed by atoms with E-state index in [1.54, 1.807) is 20.4 Å². The van der Waals surface area contributed by atoms with Crippen LogP contribution in [0, 0.1) is 0 Å². The highest BCUT2D eigenvalue weighted by Crippen LogP contribution is 2.30. The molecule has 0 radical (unpaired) electrons. The van der Waals surface area contributed by atoms with Crippen molar-refractivity contribution >= 4 is 15.9 Å². The van der Waals surface area contributed by atoms with Gasteiger partial charge in [-0.25, -0.2) is 0 Å². The summed E-state index contributed by atoms with van der Waals surface area (Å²) in [5, 5.41) is 4.30. The Labute approximate surface area is 133 Å². The molecule has 1 aromatic heterocycles. The van der Waals surface area contributed by atoms with Crippen molar-refractivity contribution in [2.45, 2.75) is 25.9 Å². The lowest BCUT2D eigenvalue weighted by Crippen LogP contribution is -2.18. The minimum atomic E-state index is -0.139. The van der Waals surface area contributed by atoms with E-state index in [9.17, 15) is 0 Å². The van der Waals surface area contributed by atoms with E-state index in [0.29, 0.717) is 12.2 Å². The lowest BCUT2D eigenvalue weighted by atomic mass is 10.0. The molecule has 6 heteroatoms. The van der Waals surface area contributed by atoms with Crippen LogP contribution in [0.15, 0.2) is 28.9 Å². The maximum atomic E-state index is 6.35. The topological polar surface area (TPSA) is 62.3 Å². The summed E-state index contributed by atoms with van der Waals surface area (Å²) in [7, 11) is 3.25. The van der Waals surface area contributed by atoms with Gasteiger partial charge in [-0.05, 0) is 47.0 Å². The second kappa shape index (κ2) is 6.95. The summed E-state index contributed by atoms with van der Waals surface area (Å²) in [5.74, 6) is 1.43. The lowest BCUT2D eigenvalue weighted by molar-refractivity contribution is 0.354. The van der Waals surface area contributed by atoms with Gasteiger partial charge in [-0.3, -0.25) is 4.68 Å². The normalized spacial score (nSPS) is 12.2. The summed E-state index contributed by atoms with van der Waals surface area (Å²) in [6.07, 6.45) is 2.48. The van der Waals surface area contributed by atoms with Gasteiger partial charge in [-0.15, -0.1) is 0 Å². The number of methoxy groups -OCH3 is 2. The molecule has 1 aromatic carbocycles. The van der Waals surface area contributed by atoms with Crippen LogP contribution in [0.4, 0.5) is 0 Å². The van der Waals surface area contributed by atoms with Crippen LogP contribution in [0.5, 0.6) is 11.5 Å². The first-order chi connectivity index (χ1) is 10.1. The van der Waals surface area contributed by atoms with E-state index >= 15 is 0 Å². The molecule has 21 heavy (non-hydrogen) atoms. The molecular formula is C15H20BrN3O2. The Morgan fingerprint density at radius 3 is 2.62 bits per heavy atom. The highest BCUT2D eigenvalue weighted by molar-refractivity contribution is 9.10. The van der Waals surface area contributed by atoms with Crippen molar-refractivity contribution in [2.24, 2.45) is 5.73 Å². The minimum Gasteiger partial charge on any atom is -0.493 e. The first kappa shape index (κ1) is 15.9. The number of hydrogen-bond donors (Lipinski definition) is 1. The molecule has 0 amide bonds. The first-order valence-corrected chi connectivity index (χ1v) is 7.57. The van der Waals surface area contributed by atoms with Gasteiger partial charge in [0.25, 0.3) is 0 Å². The second-order valence-electron chi connectivity index (χ2n) is 4.69. The summed E-state index contributed by atoms with van der Waals surface area (Å²) in [6, 6.07) is 5.72. The molecule has 1 unspecified atom stereocenters. The van der Waals surface area contributed by atoms with Crippen molar-refractivity contribution < 1.29 is 9.47 Å². The third kappa shape index (κ3) is 3.39. The van der Waals surface area contributed by atoms with Gasteiger partial charge >= 0.3 is 0 Å². The monoisotopic (exact) mass is 353 g/mol. The third-order valence-electron chi connectivity index (χ3n) is 3.39. The highest BCUT2D eigenvalue weighted by Gasteiger charge is 2.17. The average molecular weight is 354 g/mol. The fourth-order valence-corrected chi connectivity index (χ4v) is 2.94. The minimum absolute atomic E-state index is 0.139. The molecule has 0 spiro atoms. The zero-order chi connectivity index (χ0) is 15.4. The molecule has 0 aliphatic carbocycles. The summed E-state index contributed by atoms with van der Waals surface area (Å²) in [5.41, 5.74) is 8.45. The SMILES string of the molecule is CCn1ncc(Br)c1C(N)Cc1ccc(OC)c(OC)c1. The van der Waals surface area contributed by atoms with E-state index in [1.807, 2.05) is 29.8 Å². The van der Waals surface area contributed by atoms with Crippen LogP contribution < -0.4 is 15.2 Å². The molecule has 0 bridgehead atoms. The Bertz CT molecular complexity index is 613. The van der Waals surface area contributed by atoms with E-state index in [2.05, 4.69) is 21.0 Å². The van der Waals surface area contributed by atoms with Crippen molar-refractivity contribution in [3.8, 4) is 11.5 Å². The number of rotatable bonds is 6. The predicted molar refractivity (Wildman–Crippen MR) is 85.8 cm³/mol. The van der Waals surface area contributed by atoms with E-state index < -0.39 is 0 Å². The van der Waals surface area contributed by atoms with Crippen molar-refractivity contribution in [2.75, 3.05) is 14.2 Å². The molecule has 1 heterocycles. The van der Waals surface area contributed by atoms with Crippen LogP contribution in [0.1, 0.15) is 24.2 Å². The molecule has 2 N–H and O–H groups in total. The largest absolute Gasteiger partial charge is 0.493 e. The van der Waals surface area contributed by atoms with E-state index in [4.69, 9.17) is 15.2 Å². The molecule has 2 rings (SSSR count). The number of nitrogens with two attached hydrogens (primary N) is 1. The fraction of sp³-hybridized carbons (Fsp3) is 0.400. The summed E-state index contributed by atoms with van der Waals surface area (Å²) in [6.45, 7) is 2.84. The quantitative estimate of drug-likeness (QED) is 0.867. The summed E-state index contributed by atoms with van der Waals surface area (Å²) in [4.78, 5) is 0. The molecular weight excluding hydrogens is 334 g/mol. The average Bonchev–Trinajstić information content (AvgIpc) is 2.88. The van der Waals surface area contributed by atoms with Gasteiger partial charge in [0.1, 0.15) is 0 Å². The van der Waals surface area contributed by atoms with Gasteiger partial charge in [-0.1, -0.05) is 6.07 Å². The predicted octanol–water partition coefficient (Wildman–Crippen LogP) is 2.93. The van der Waals surface area contributed by atoms with Gasteiger partial charge < -0.3 is 15.2 Å². The van der Waals surface area contributed by atoms with Crippen LogP contribution in [0.2, 0.25) is 0 Å². The summed E-state index contributed by atoms with van der Waals surface area (Å²) >= 11 is 3.51. The molecule has 1 atom stereocenters. The van der Waals surface area contributed by atoms with Crippen LogP contribution in [0.25, 0.3) is 0 Å². The van der Waals surface area contributed by atoms with Crippen LogP contribution >= 0.6 is 15.9 Å². The fourth-order valence-electron chi connectivity index (χ4n) is 2.35. The van der Waals surface area contributed by atoms with Crippen molar-refractivity contribution in [1.82, 2.24) is 9.78 Å². The number of hydrogen-bond acceptors (Lipinski definition) is 4. The molecule has 0 saturated heterocycles. The highest BCUT2D eigenvalue weighted by atomic mass is 79.9. The Morgan fingerprint density at radius 2 is 2.00 bits per heavy atom. The molecule has 0 aliphatic rings. The van der Waals surface area contributed by atoms with Crippen LogP contribution in [-0.2, 0) is 13.0 Å². The maximum Gasteiger partial charge on any atom is 0.160 e. The number of ether oxygens (including phenoxy) is 2. The lowest BCUT2D eigenvalue weighted by Gasteiger charge is -2.16. The Hall–Kier alpha value is -1.53. The molecule has 2 aromatic rings. The number of nitrogens with zero attached hydrogens (tertiary/aromatic N) is 2. The van der Waals surface area contributed by atoms with Gasteiger partial charge in [0.15, 0.2) is 11.5 Å². The van der Waals surface area contributed by atoms with Crippen molar-refractivity contribution in [3.63, 3.8) is 0 Å². The number of benzene rings is 1. The van der Waals surface area contributed by atoms with Gasteiger partial charge in [-0.2, -0.15) is 5.10 Å². The van der Waals surface area contributed by atoms with E-state index in [-0.39, 0.29) is 6.04 Å². The third-order valence-corrected chi connectivity index (χ3v) is 4.00. The summed E-state index contributed by atoms with van der Waals surface area (Å²) < 4.78 is 13.4. The molecule has 0 saturated carbocycles. The number of aryl methyl sites for hydroxylation is 1. The van der Waals surface area contributed by atoms with E-state index in [1.165, 1.54) is 0 Å². The van der Waals surface area contributed by atoms with Crippen LogP contribution in [0.3, 0.4) is 0 Å². The van der Waals surface area contributed by atoms with Crippen LogP contribution in [-0.4, -0.2) is 24.0 Å². The smallest absolute Gasteiger partial charge is 0.160 e. The Morgan fingerprint density at radius 1 is 1.29 bits per heavy atom. The van der Waals surface area contributed by atoms with Gasteiger partial charge in [0.05, 0.1) is 36.6 Å². The standard InChI is InChI=1S/C15H20BrN3O2/c1-4-19-15(11(16)9-18-19)12(17)7-10-5-6-13(20-2)14(8-10)21-3/h5-6,8-9,12H,4,7,17H2,1-3H3. The molecule has 0 aliphatic heterocycles. The molecule has 114 valence electrons. The number of halogens is 1. The zero-order valence-electron chi connectivity index (χ0n) is 12.5. The zero-order valence-corrected chi connectivity index (χ0v) is 14.1. The van der Waals surface area contributed by atoms with E-state index in [0.717, 1.165) is 28.0 Å². The van der Waals surface area contributed by atoms with Crippen molar-refractivity contribution in [1.29, 1.82) is 0 Å². The molecule has 5 nitrogen and oxygen atoms in total. The Kier molecular flexibility index (Phi) is 5.25. The molecule has 0 fully saturated rings. The second-order valence-corrected chi connectivity index (χ2v) is 5.55. The van der Waals surface area contributed by atoms with Gasteiger partial charge in [0, 0.05) is 6.54 Å². The number of aromatic nitrogens is 2. The first-order valence-electron chi connectivity index (χ1n) is 6.78. The Balaban J connectivity index is 2.23.